The lowest BCUT2D eigenvalue weighted by Crippen LogP contribution is -2.32. The fraction of sp³-hybridized carbons (Fsp3) is 0. The molecular weight excluding hydrogens is 262 g/mol. The second kappa shape index (κ2) is 6.46. The molecule has 0 aliphatic heterocycles. The molecule has 2 amide bonds. The Kier molecular flexibility index (Phi) is 4.41. The van der Waals surface area contributed by atoms with Gasteiger partial charge in [-0.3, -0.25) is 9.59 Å². The topological polar surface area (TPSA) is 70.6 Å². The van der Waals surface area contributed by atoms with Gasteiger partial charge in [0.05, 0.1) is 6.21 Å². The van der Waals surface area contributed by atoms with Gasteiger partial charge < -0.3 is 5.32 Å². The molecule has 0 aliphatic rings. The number of hydrazone groups is 1. The maximum Gasteiger partial charge on any atom is 0.329 e. The highest BCUT2D eigenvalue weighted by Gasteiger charge is 2.12. The van der Waals surface area contributed by atoms with Crippen molar-refractivity contribution < 1.29 is 9.59 Å². The zero-order chi connectivity index (χ0) is 13.5. The highest BCUT2D eigenvalue weighted by molar-refractivity contribution is 7.11. The minimum atomic E-state index is -0.809. The first-order chi connectivity index (χ1) is 9.25. The number of anilines is 1. The number of nitrogens with zero attached hydrogens (tertiary/aromatic N) is 1. The standard InChI is InChI=1S/C13H11N3O2S/c17-12(15-10-5-2-1-3-6-10)13(18)16-14-9-11-7-4-8-19-11/h1-9H,(H,15,17)(H,16,18)/b14-9-. The number of hydrogen-bond acceptors (Lipinski definition) is 4. The molecule has 0 saturated heterocycles. The Labute approximate surface area is 114 Å². The van der Waals surface area contributed by atoms with Crippen molar-refractivity contribution in [2.45, 2.75) is 0 Å². The molecule has 1 aromatic heterocycles. The lowest BCUT2D eigenvalue weighted by Gasteiger charge is -2.02. The molecule has 2 rings (SSSR count). The molecule has 96 valence electrons. The number of benzene rings is 1. The summed E-state index contributed by atoms with van der Waals surface area (Å²) in [4.78, 5) is 23.8. The van der Waals surface area contributed by atoms with Gasteiger partial charge in [-0.05, 0) is 23.6 Å². The van der Waals surface area contributed by atoms with Gasteiger partial charge in [-0.25, -0.2) is 5.43 Å². The van der Waals surface area contributed by atoms with Crippen LogP contribution in [0.15, 0.2) is 52.9 Å². The van der Waals surface area contributed by atoms with E-state index in [1.165, 1.54) is 17.6 Å². The first-order valence-corrected chi connectivity index (χ1v) is 6.36. The number of carbonyl (C=O) groups excluding carboxylic acids is 2. The van der Waals surface area contributed by atoms with Crippen LogP contribution in [0.25, 0.3) is 0 Å². The predicted octanol–water partition coefficient (Wildman–Crippen LogP) is 1.84. The van der Waals surface area contributed by atoms with E-state index in [9.17, 15) is 9.59 Å². The van der Waals surface area contributed by atoms with Crippen molar-refractivity contribution in [1.29, 1.82) is 0 Å². The fourth-order valence-electron chi connectivity index (χ4n) is 1.28. The van der Waals surface area contributed by atoms with Crippen molar-refractivity contribution in [3.8, 4) is 0 Å². The number of thiophene rings is 1. The van der Waals surface area contributed by atoms with E-state index in [-0.39, 0.29) is 0 Å². The lowest BCUT2D eigenvalue weighted by atomic mass is 10.3. The minimum absolute atomic E-state index is 0.560. The van der Waals surface area contributed by atoms with Crippen molar-refractivity contribution in [2.75, 3.05) is 5.32 Å². The maximum absolute atomic E-state index is 11.5. The third-order valence-corrected chi connectivity index (χ3v) is 2.95. The van der Waals surface area contributed by atoms with Crippen molar-refractivity contribution >= 4 is 35.1 Å². The summed E-state index contributed by atoms with van der Waals surface area (Å²) in [5.74, 6) is -1.56. The number of carbonyl (C=O) groups is 2. The number of amides is 2. The summed E-state index contributed by atoms with van der Waals surface area (Å²) >= 11 is 1.48. The van der Waals surface area contributed by atoms with Crippen LogP contribution >= 0.6 is 11.3 Å². The van der Waals surface area contributed by atoms with Crippen molar-refractivity contribution in [2.24, 2.45) is 5.10 Å². The molecule has 2 N–H and O–H groups in total. The van der Waals surface area contributed by atoms with Gasteiger partial charge in [0.15, 0.2) is 0 Å². The molecule has 1 aromatic carbocycles. The molecule has 0 saturated carbocycles. The molecule has 0 aliphatic carbocycles. The summed E-state index contributed by atoms with van der Waals surface area (Å²) in [6.45, 7) is 0. The smallest absolute Gasteiger partial charge is 0.318 e. The summed E-state index contributed by atoms with van der Waals surface area (Å²) < 4.78 is 0. The number of nitrogens with one attached hydrogen (secondary N) is 2. The molecule has 19 heavy (non-hydrogen) atoms. The van der Waals surface area contributed by atoms with E-state index >= 15 is 0 Å². The molecular formula is C13H11N3O2S. The summed E-state index contributed by atoms with van der Waals surface area (Å²) in [5, 5.41) is 8.06. The average molecular weight is 273 g/mol. The van der Waals surface area contributed by atoms with Crippen LogP contribution in [-0.2, 0) is 9.59 Å². The summed E-state index contributed by atoms with van der Waals surface area (Å²) in [7, 11) is 0. The lowest BCUT2D eigenvalue weighted by molar-refractivity contribution is -0.136. The number of para-hydroxylation sites is 1. The predicted molar refractivity (Wildman–Crippen MR) is 75.1 cm³/mol. The first kappa shape index (κ1) is 13.0. The fourth-order valence-corrected chi connectivity index (χ4v) is 1.86. The molecule has 0 spiro atoms. The van der Waals surface area contributed by atoms with Gasteiger partial charge in [0.2, 0.25) is 0 Å². The number of hydrogen-bond donors (Lipinski definition) is 2. The normalized spacial score (nSPS) is 10.3. The van der Waals surface area contributed by atoms with Crippen LogP contribution in [0.3, 0.4) is 0 Å². The van der Waals surface area contributed by atoms with Crippen LogP contribution in [-0.4, -0.2) is 18.0 Å². The Balaban J connectivity index is 1.85. The highest BCUT2D eigenvalue weighted by Crippen LogP contribution is 2.05. The van der Waals surface area contributed by atoms with Gasteiger partial charge in [0.1, 0.15) is 0 Å². The zero-order valence-corrected chi connectivity index (χ0v) is 10.7. The minimum Gasteiger partial charge on any atom is -0.318 e. The monoisotopic (exact) mass is 273 g/mol. The average Bonchev–Trinajstić information content (AvgIpc) is 2.93. The maximum atomic E-state index is 11.5. The van der Waals surface area contributed by atoms with E-state index in [0.717, 1.165) is 4.88 Å². The van der Waals surface area contributed by atoms with Gasteiger partial charge in [-0.1, -0.05) is 24.3 Å². The molecule has 0 unspecified atom stereocenters. The van der Waals surface area contributed by atoms with E-state index < -0.39 is 11.8 Å². The zero-order valence-electron chi connectivity index (χ0n) is 9.87. The Morgan fingerprint density at radius 3 is 2.53 bits per heavy atom. The molecule has 5 nitrogen and oxygen atoms in total. The Morgan fingerprint density at radius 2 is 1.84 bits per heavy atom. The van der Waals surface area contributed by atoms with Gasteiger partial charge in [0, 0.05) is 10.6 Å². The summed E-state index contributed by atoms with van der Waals surface area (Å²) in [5.41, 5.74) is 2.73. The molecule has 6 heteroatoms. The second-order valence-electron chi connectivity index (χ2n) is 3.53. The van der Waals surface area contributed by atoms with Crippen molar-refractivity contribution in [3.05, 3.63) is 52.7 Å². The molecule has 2 aromatic rings. The molecule has 0 atom stereocenters. The third kappa shape index (κ3) is 4.04. The third-order valence-electron chi connectivity index (χ3n) is 2.14. The van der Waals surface area contributed by atoms with E-state index in [4.69, 9.17) is 0 Å². The highest BCUT2D eigenvalue weighted by atomic mass is 32.1. The van der Waals surface area contributed by atoms with E-state index in [2.05, 4.69) is 15.8 Å². The summed E-state index contributed by atoms with van der Waals surface area (Å²) in [6.07, 6.45) is 1.48. The molecule has 0 bridgehead atoms. The Hall–Kier alpha value is -2.47. The van der Waals surface area contributed by atoms with Gasteiger partial charge >= 0.3 is 11.8 Å². The van der Waals surface area contributed by atoms with E-state index in [1.807, 2.05) is 23.6 Å². The van der Waals surface area contributed by atoms with Crippen LogP contribution < -0.4 is 10.7 Å². The van der Waals surface area contributed by atoms with Crippen LogP contribution in [0.2, 0.25) is 0 Å². The van der Waals surface area contributed by atoms with Crippen molar-refractivity contribution in [1.82, 2.24) is 5.43 Å². The van der Waals surface area contributed by atoms with Crippen LogP contribution in [0.4, 0.5) is 5.69 Å². The molecule has 0 fully saturated rings. The van der Waals surface area contributed by atoms with Crippen LogP contribution in [0, 0.1) is 0 Å². The van der Waals surface area contributed by atoms with Gasteiger partial charge in [-0.2, -0.15) is 5.10 Å². The largest absolute Gasteiger partial charge is 0.329 e. The van der Waals surface area contributed by atoms with Gasteiger partial charge in [-0.15, -0.1) is 11.3 Å². The van der Waals surface area contributed by atoms with E-state index in [0.29, 0.717) is 5.69 Å². The van der Waals surface area contributed by atoms with Crippen LogP contribution in [0.5, 0.6) is 0 Å². The van der Waals surface area contributed by atoms with Crippen molar-refractivity contribution in [3.63, 3.8) is 0 Å². The second-order valence-corrected chi connectivity index (χ2v) is 4.51. The number of rotatable bonds is 3. The quantitative estimate of drug-likeness (QED) is 0.509. The summed E-state index contributed by atoms with van der Waals surface area (Å²) in [6, 6.07) is 12.5. The first-order valence-electron chi connectivity index (χ1n) is 5.48. The van der Waals surface area contributed by atoms with Gasteiger partial charge in [0.25, 0.3) is 0 Å². The Morgan fingerprint density at radius 1 is 1.05 bits per heavy atom. The van der Waals surface area contributed by atoms with E-state index in [1.54, 1.807) is 24.3 Å². The Bertz CT molecular complexity index is 579. The molecule has 1 heterocycles. The SMILES string of the molecule is O=C(N/N=C\c1cccs1)C(=O)Nc1ccccc1. The van der Waals surface area contributed by atoms with Crippen LogP contribution in [0.1, 0.15) is 4.88 Å². The molecule has 0 radical (unpaired) electrons.